The van der Waals surface area contributed by atoms with Crippen LogP contribution < -0.4 is 5.73 Å². The lowest BCUT2D eigenvalue weighted by molar-refractivity contribution is -0.161. The molecule has 1 saturated carbocycles. The Hall–Kier alpha value is -3.30. The molecule has 0 saturated heterocycles. The molecule has 0 radical (unpaired) electrons. The normalized spacial score (nSPS) is 27.8. The van der Waals surface area contributed by atoms with Gasteiger partial charge in [0.25, 0.3) is 5.91 Å². The molecule has 0 spiro atoms. The van der Waals surface area contributed by atoms with Crippen molar-refractivity contribution in [2.75, 3.05) is 20.6 Å². The number of benzene rings is 1. The third-order valence-corrected chi connectivity index (χ3v) is 7.95. The zero-order chi connectivity index (χ0) is 26.9. The number of Topliss-reactive ketones (excluding diaryl/α,β-unsaturated/α-hetero) is 2. The lowest BCUT2D eigenvalue weighted by Crippen LogP contribution is -2.64. The number of nitrogens with zero attached hydrogens (tertiary/aromatic N) is 1. The Labute approximate surface area is 209 Å². The molecule has 1 amide bonds. The Morgan fingerprint density at radius 1 is 1.25 bits per heavy atom. The highest BCUT2D eigenvalue weighted by molar-refractivity contribution is 6.34. The van der Waals surface area contributed by atoms with E-state index in [0.717, 1.165) is 5.56 Å². The molecule has 0 bridgehead atoms. The first kappa shape index (κ1) is 25.8. The van der Waals surface area contributed by atoms with Gasteiger partial charge in [0, 0.05) is 29.5 Å². The second-order valence-electron chi connectivity index (χ2n) is 10.8. The second-order valence-corrected chi connectivity index (χ2v) is 10.8. The number of aromatic hydroxyl groups is 1. The van der Waals surface area contributed by atoms with Gasteiger partial charge in [0.05, 0.1) is 11.1 Å². The third kappa shape index (κ3) is 3.44. The van der Waals surface area contributed by atoms with E-state index in [0.29, 0.717) is 23.8 Å². The van der Waals surface area contributed by atoms with Crippen LogP contribution in [0.5, 0.6) is 5.75 Å². The van der Waals surface area contributed by atoms with Crippen LogP contribution in [0, 0.1) is 24.7 Å². The minimum Gasteiger partial charge on any atom is -0.507 e. The van der Waals surface area contributed by atoms with E-state index in [1.165, 1.54) is 0 Å². The van der Waals surface area contributed by atoms with Gasteiger partial charge in [0.15, 0.2) is 5.60 Å². The van der Waals surface area contributed by atoms with Crippen molar-refractivity contribution < 1.29 is 34.5 Å². The fraction of sp³-hybridized carbons (Fsp3) is 0.481. The number of hydrogen-bond acceptors (Lipinski definition) is 8. The fourth-order valence-corrected chi connectivity index (χ4v) is 6.35. The Kier molecular flexibility index (Phi) is 6.21. The average Bonchev–Trinajstić information content (AvgIpc) is 2.78. The zero-order valence-corrected chi connectivity index (χ0v) is 21.1. The number of aliphatic hydroxyl groups excluding tert-OH is 1. The number of nitrogens with two attached hydrogens (primary N) is 1. The van der Waals surface area contributed by atoms with Crippen LogP contribution in [0.4, 0.5) is 0 Å². The summed E-state index contributed by atoms with van der Waals surface area (Å²) >= 11 is 0. The molecule has 9 nitrogen and oxygen atoms in total. The highest BCUT2D eigenvalue weighted by Gasteiger charge is 2.64. The minimum atomic E-state index is -2.67. The smallest absolute Gasteiger partial charge is 0.252 e. The van der Waals surface area contributed by atoms with Crippen LogP contribution in [0.3, 0.4) is 0 Å². The van der Waals surface area contributed by atoms with Crippen molar-refractivity contribution in [3.8, 4) is 5.75 Å². The van der Waals surface area contributed by atoms with Crippen LogP contribution >= 0.6 is 0 Å². The van der Waals surface area contributed by atoms with Gasteiger partial charge < -0.3 is 26.0 Å². The van der Waals surface area contributed by atoms with E-state index in [1.807, 2.05) is 19.9 Å². The summed E-state index contributed by atoms with van der Waals surface area (Å²) in [5, 5.41) is 33.9. The van der Waals surface area contributed by atoms with Gasteiger partial charge in [-0.15, -0.1) is 0 Å². The minimum absolute atomic E-state index is 0.0732. The molecule has 5 N–H and O–H groups in total. The molecule has 3 unspecified atom stereocenters. The largest absolute Gasteiger partial charge is 0.507 e. The number of amides is 1. The number of rotatable bonds is 5. The van der Waals surface area contributed by atoms with Crippen molar-refractivity contribution in [2.45, 2.75) is 45.1 Å². The van der Waals surface area contributed by atoms with E-state index in [2.05, 4.69) is 0 Å². The van der Waals surface area contributed by atoms with Crippen molar-refractivity contribution in [1.29, 1.82) is 0 Å². The van der Waals surface area contributed by atoms with Crippen molar-refractivity contribution in [3.63, 3.8) is 0 Å². The first-order chi connectivity index (χ1) is 16.8. The van der Waals surface area contributed by atoms with E-state index in [9.17, 15) is 34.5 Å². The van der Waals surface area contributed by atoms with E-state index in [1.54, 1.807) is 25.9 Å². The molecule has 1 aromatic carbocycles. The predicted octanol–water partition coefficient (Wildman–Crippen LogP) is 1.33. The van der Waals surface area contributed by atoms with E-state index in [-0.39, 0.29) is 41.3 Å². The standard InChI is InChI=1S/C27H32N2O7/c1-11(2)14-6-12(3)22(31)20-15(14)7-13-8-18-16(9-29(4)5)17(10-30)21(26(28)35)25(34)27(18,36)24(33)19(13)23(20)32/h6,10-11,13,16,18,31-32,36H,7-9H2,1-5H3,(H2,28,35)/t13?,16?,18?,27-/m0/s1. The Morgan fingerprint density at radius 3 is 2.42 bits per heavy atom. The van der Waals surface area contributed by atoms with Crippen LogP contribution in [-0.2, 0) is 25.6 Å². The Bertz CT molecular complexity index is 1270. The van der Waals surface area contributed by atoms with Crippen LogP contribution in [0.15, 0.2) is 22.8 Å². The summed E-state index contributed by atoms with van der Waals surface area (Å²) in [5.41, 5.74) is 4.12. The molecule has 0 aromatic heterocycles. The SMILES string of the molecule is Cc1cc(C(C)C)c2c(c1O)C(O)=C1C(=O)[C@]3(O)C(=O)C(C(N)=O)=C(C=O)C(CN(C)C)C3CC1C2. The summed E-state index contributed by atoms with van der Waals surface area (Å²) in [7, 11) is 3.47. The number of phenolic OH excluding ortho intramolecular Hbond substituents is 1. The number of aldehydes is 1. The van der Waals surface area contributed by atoms with Crippen molar-refractivity contribution in [1.82, 2.24) is 4.90 Å². The van der Waals surface area contributed by atoms with Crippen LogP contribution in [-0.4, -0.2) is 70.2 Å². The molecule has 4 rings (SSSR count). The molecule has 192 valence electrons. The zero-order valence-electron chi connectivity index (χ0n) is 21.1. The number of phenols is 1. The first-order valence-corrected chi connectivity index (χ1v) is 12.0. The number of primary amides is 1. The van der Waals surface area contributed by atoms with Crippen LogP contribution in [0.1, 0.15) is 48.4 Å². The van der Waals surface area contributed by atoms with Crippen LogP contribution in [0.25, 0.3) is 5.76 Å². The molecule has 1 aromatic rings. The summed E-state index contributed by atoms with van der Waals surface area (Å²) in [6.45, 7) is 5.86. The lowest BCUT2D eigenvalue weighted by Gasteiger charge is -2.49. The maximum atomic E-state index is 13.9. The highest BCUT2D eigenvalue weighted by Crippen LogP contribution is 2.54. The third-order valence-electron chi connectivity index (χ3n) is 7.95. The monoisotopic (exact) mass is 496 g/mol. The van der Waals surface area contributed by atoms with Crippen molar-refractivity contribution in [3.05, 3.63) is 45.0 Å². The van der Waals surface area contributed by atoms with Gasteiger partial charge in [-0.05, 0) is 62.4 Å². The lowest BCUT2D eigenvalue weighted by atomic mass is 9.54. The van der Waals surface area contributed by atoms with Gasteiger partial charge in [-0.1, -0.05) is 19.9 Å². The maximum Gasteiger partial charge on any atom is 0.252 e. The van der Waals surface area contributed by atoms with Gasteiger partial charge in [-0.25, -0.2) is 0 Å². The molecule has 0 heterocycles. The number of carbonyl (C=O) groups excluding carboxylic acids is 4. The second kappa shape index (κ2) is 8.67. The molecule has 4 atom stereocenters. The number of aryl methyl sites for hydroxylation is 1. The van der Waals surface area contributed by atoms with Gasteiger partial charge in [0.1, 0.15) is 17.8 Å². The fourth-order valence-electron chi connectivity index (χ4n) is 6.35. The molecule has 3 aliphatic carbocycles. The molecule has 1 fully saturated rings. The number of hydrogen-bond donors (Lipinski definition) is 4. The predicted molar refractivity (Wildman–Crippen MR) is 131 cm³/mol. The van der Waals surface area contributed by atoms with Gasteiger partial charge >= 0.3 is 0 Å². The number of carbonyl (C=O) groups is 4. The topological polar surface area (TPSA) is 158 Å². The summed E-state index contributed by atoms with van der Waals surface area (Å²) in [5.74, 6) is -6.38. The summed E-state index contributed by atoms with van der Waals surface area (Å²) in [6, 6.07) is 1.86. The van der Waals surface area contributed by atoms with Gasteiger partial charge in [-0.3, -0.25) is 19.2 Å². The summed E-state index contributed by atoms with van der Waals surface area (Å²) in [6.07, 6.45) is 0.827. The average molecular weight is 497 g/mol. The maximum absolute atomic E-state index is 13.9. The molecule has 0 aliphatic heterocycles. The highest BCUT2D eigenvalue weighted by atomic mass is 16.3. The number of ketones is 2. The van der Waals surface area contributed by atoms with Crippen LogP contribution in [0.2, 0.25) is 0 Å². The molecule has 3 aliphatic rings. The molecular weight excluding hydrogens is 464 g/mol. The molecule has 9 heteroatoms. The van der Waals surface area contributed by atoms with Gasteiger partial charge in [-0.2, -0.15) is 0 Å². The first-order valence-electron chi connectivity index (χ1n) is 12.0. The van der Waals surface area contributed by atoms with E-state index in [4.69, 9.17) is 5.73 Å². The molecular formula is C27H32N2O7. The van der Waals surface area contributed by atoms with Crippen molar-refractivity contribution in [2.24, 2.45) is 23.5 Å². The van der Waals surface area contributed by atoms with E-state index >= 15 is 0 Å². The summed E-state index contributed by atoms with van der Waals surface area (Å²) < 4.78 is 0. The number of fused-ring (bicyclic) bond motifs is 3. The molecule has 36 heavy (non-hydrogen) atoms. The Balaban J connectivity index is 1.99. The van der Waals surface area contributed by atoms with E-state index < -0.39 is 52.2 Å². The summed E-state index contributed by atoms with van der Waals surface area (Å²) in [4.78, 5) is 53.4. The Morgan fingerprint density at radius 2 is 1.89 bits per heavy atom. The van der Waals surface area contributed by atoms with Crippen molar-refractivity contribution >= 4 is 29.5 Å². The quantitative estimate of drug-likeness (QED) is 0.270. The number of aliphatic hydroxyl groups is 2. The van der Waals surface area contributed by atoms with Gasteiger partial charge in [0.2, 0.25) is 11.6 Å².